The minimum absolute atomic E-state index is 0.00620. The lowest BCUT2D eigenvalue weighted by molar-refractivity contribution is -0.354. The standard InChI is InChI=1S/C46H69FN4O10/c1-13-35-45(9)37(51(42(56)61-45)23-19-18-22-50-26-33(48-27-50)32-20-16-15-17-21-32)30(5)36(52)28(3)25-43(7,57-12)40(31(6)38(53)44(8,47)41(55)58-35)60-46(10)39(54)34(49(11)14-2)24-29(4)59-46/h15-17,20-21,26-31,34-35,37,39-40,54H,13-14,18-19,22-25H2,1-12H3/t28-,29-,30+,31+,34+,35-,37-,39-,40-,43-,44+,45-,46+/m1/s1. The molecule has 4 heterocycles. The van der Waals surface area contributed by atoms with E-state index in [0.29, 0.717) is 32.4 Å². The van der Waals surface area contributed by atoms with E-state index in [0.717, 1.165) is 18.2 Å². The van der Waals surface area contributed by atoms with Crippen molar-refractivity contribution in [3.05, 3.63) is 42.9 Å². The van der Waals surface area contributed by atoms with Crippen LogP contribution < -0.4 is 0 Å². The zero-order valence-corrected chi connectivity index (χ0v) is 38.2. The Labute approximate surface area is 360 Å². The van der Waals surface area contributed by atoms with Crippen molar-refractivity contribution in [3.63, 3.8) is 0 Å². The van der Waals surface area contributed by atoms with Crippen LogP contribution in [0, 0.1) is 17.8 Å². The predicted octanol–water partition coefficient (Wildman–Crippen LogP) is 6.41. The van der Waals surface area contributed by atoms with Gasteiger partial charge >= 0.3 is 12.1 Å². The molecule has 340 valence electrons. The number of halogens is 1. The second-order valence-electron chi connectivity index (χ2n) is 18.3. The van der Waals surface area contributed by atoms with Crippen molar-refractivity contribution in [3.8, 4) is 11.3 Å². The van der Waals surface area contributed by atoms with Crippen LogP contribution in [0.5, 0.6) is 0 Å². The first-order chi connectivity index (χ1) is 28.6. The number of hydrogen-bond donors (Lipinski definition) is 1. The Bertz CT molecular complexity index is 1860. The smallest absolute Gasteiger partial charge is 0.410 e. The number of amides is 1. The van der Waals surface area contributed by atoms with Crippen LogP contribution in [0.4, 0.5) is 9.18 Å². The fourth-order valence-corrected chi connectivity index (χ4v) is 10.0. The van der Waals surface area contributed by atoms with Crippen molar-refractivity contribution < 1.29 is 52.4 Å². The number of imidazole rings is 1. The summed E-state index contributed by atoms with van der Waals surface area (Å²) in [7, 11) is 3.30. The molecule has 15 heteroatoms. The topological polar surface area (TPSA) is 159 Å². The van der Waals surface area contributed by atoms with Crippen LogP contribution in [0.1, 0.15) is 101 Å². The number of Topliss-reactive ketones (excluding diaryl/α,β-unsaturated/α-hetero) is 2. The minimum Gasteiger partial charge on any atom is -0.455 e. The van der Waals surface area contributed by atoms with E-state index in [1.807, 2.05) is 66.9 Å². The molecule has 3 aliphatic heterocycles. The average molecular weight is 857 g/mol. The van der Waals surface area contributed by atoms with Crippen LogP contribution in [0.2, 0.25) is 0 Å². The van der Waals surface area contributed by atoms with E-state index >= 15 is 4.39 Å². The number of esters is 1. The molecule has 1 N–H and O–H groups in total. The van der Waals surface area contributed by atoms with Crippen LogP contribution in [0.25, 0.3) is 11.3 Å². The lowest BCUT2D eigenvalue weighted by atomic mass is 9.73. The number of aromatic nitrogens is 2. The molecule has 13 atom stereocenters. The number of rotatable bonds is 12. The Morgan fingerprint density at radius 3 is 2.26 bits per heavy atom. The summed E-state index contributed by atoms with van der Waals surface area (Å²) in [5.74, 6) is -7.51. The fourth-order valence-electron chi connectivity index (χ4n) is 10.0. The molecule has 1 aromatic heterocycles. The maximum absolute atomic E-state index is 17.0. The minimum atomic E-state index is -3.19. The molecule has 14 nitrogen and oxygen atoms in total. The maximum atomic E-state index is 17.0. The van der Waals surface area contributed by atoms with Gasteiger partial charge in [0, 0.05) is 55.8 Å². The molecule has 5 rings (SSSR count). The van der Waals surface area contributed by atoms with E-state index in [-0.39, 0.29) is 37.3 Å². The van der Waals surface area contributed by atoms with E-state index in [1.165, 1.54) is 18.9 Å². The van der Waals surface area contributed by atoms with Gasteiger partial charge in [-0.15, -0.1) is 0 Å². The number of unbranched alkanes of at least 4 members (excludes halogenated alkanes) is 1. The zero-order valence-electron chi connectivity index (χ0n) is 38.2. The van der Waals surface area contributed by atoms with E-state index in [9.17, 15) is 24.3 Å². The van der Waals surface area contributed by atoms with Crippen molar-refractivity contribution in [1.82, 2.24) is 19.4 Å². The number of aliphatic hydroxyl groups is 1. The Morgan fingerprint density at radius 2 is 1.64 bits per heavy atom. The van der Waals surface area contributed by atoms with Gasteiger partial charge in [-0.05, 0) is 80.3 Å². The molecule has 2 aromatic rings. The van der Waals surface area contributed by atoms with Gasteiger partial charge in [0.1, 0.15) is 18.0 Å². The van der Waals surface area contributed by atoms with Crippen molar-refractivity contribution in [2.45, 2.75) is 167 Å². The number of hydrogen-bond acceptors (Lipinski definition) is 12. The van der Waals surface area contributed by atoms with Crippen LogP contribution in [-0.4, -0.2) is 134 Å². The van der Waals surface area contributed by atoms with Gasteiger partial charge in [-0.1, -0.05) is 65.0 Å². The summed E-state index contributed by atoms with van der Waals surface area (Å²) >= 11 is 0. The van der Waals surface area contributed by atoms with Crippen molar-refractivity contribution in [2.24, 2.45) is 17.8 Å². The Hall–Kier alpha value is -3.76. The van der Waals surface area contributed by atoms with Crippen LogP contribution in [0.3, 0.4) is 0 Å². The lowest BCUT2D eigenvalue weighted by Crippen LogP contribution is -2.65. The molecular formula is C46H69FN4O10. The number of aryl methyl sites for hydroxylation is 1. The number of ketones is 2. The summed E-state index contributed by atoms with van der Waals surface area (Å²) in [5, 5.41) is 11.8. The molecule has 1 aromatic carbocycles. The molecule has 1 amide bonds. The van der Waals surface area contributed by atoms with E-state index in [4.69, 9.17) is 23.7 Å². The SMILES string of the molecule is CC[C@H]1OC(=O)[C@@](C)(F)C(=O)[C@H](C)[C@@H](O[C@]2(C)O[C@H](C)C[C@H](N(C)CC)[C@H]2O)[C@](C)(OC)C[C@@H](C)C(=O)[C@H](C)[C@H]2N(CCCCn3cnc(-c4ccccc4)c3)C(=O)O[C@]12C. The monoisotopic (exact) mass is 856 g/mol. The number of carbonyl (C=O) groups excluding carboxylic acids is 4. The third-order valence-corrected chi connectivity index (χ3v) is 13.7. The third-order valence-electron chi connectivity index (χ3n) is 13.7. The highest BCUT2D eigenvalue weighted by molar-refractivity contribution is 6.08. The summed E-state index contributed by atoms with van der Waals surface area (Å²) in [5.41, 5.74) is -4.40. The highest BCUT2D eigenvalue weighted by atomic mass is 19.1. The van der Waals surface area contributed by atoms with E-state index in [1.54, 1.807) is 47.9 Å². The van der Waals surface area contributed by atoms with Gasteiger partial charge in [0.2, 0.25) is 0 Å². The van der Waals surface area contributed by atoms with Crippen molar-refractivity contribution in [1.29, 1.82) is 0 Å². The number of methoxy groups -OCH3 is 1. The highest BCUT2D eigenvalue weighted by Crippen LogP contribution is 2.45. The second-order valence-corrected chi connectivity index (χ2v) is 18.3. The zero-order chi connectivity index (χ0) is 45.2. The Balaban J connectivity index is 1.48. The Morgan fingerprint density at radius 1 is 0.984 bits per heavy atom. The van der Waals surface area contributed by atoms with Gasteiger partial charge in [0.05, 0.1) is 35.9 Å². The summed E-state index contributed by atoms with van der Waals surface area (Å²) < 4.78 is 50.2. The van der Waals surface area contributed by atoms with Gasteiger partial charge in [-0.2, -0.15) is 0 Å². The first kappa shape index (κ1) is 48.3. The molecule has 0 unspecified atom stereocenters. The Kier molecular flexibility index (Phi) is 15.0. The molecule has 0 saturated carbocycles. The number of ether oxygens (including phenoxy) is 5. The first-order valence-corrected chi connectivity index (χ1v) is 21.9. The molecule has 3 fully saturated rings. The molecule has 0 radical (unpaired) electrons. The van der Waals surface area contributed by atoms with Crippen LogP contribution in [0.15, 0.2) is 42.9 Å². The average Bonchev–Trinajstić information content (AvgIpc) is 3.81. The first-order valence-electron chi connectivity index (χ1n) is 21.9. The lowest BCUT2D eigenvalue weighted by Gasteiger charge is -2.52. The van der Waals surface area contributed by atoms with Crippen LogP contribution in [-0.2, 0) is 44.6 Å². The van der Waals surface area contributed by atoms with Gasteiger partial charge in [-0.25, -0.2) is 19.0 Å². The van der Waals surface area contributed by atoms with Gasteiger partial charge in [-0.3, -0.25) is 9.59 Å². The quantitative estimate of drug-likeness (QED) is 0.142. The van der Waals surface area contributed by atoms with E-state index < -0.39 is 82.6 Å². The maximum Gasteiger partial charge on any atom is 0.410 e. The largest absolute Gasteiger partial charge is 0.455 e. The number of cyclic esters (lactones) is 1. The van der Waals surface area contributed by atoms with Crippen molar-refractivity contribution in [2.75, 3.05) is 27.2 Å². The number of alkyl halides is 1. The fraction of sp³-hybridized carbons (Fsp3) is 0.717. The predicted molar refractivity (Wildman–Crippen MR) is 226 cm³/mol. The van der Waals surface area contributed by atoms with Crippen LogP contribution >= 0.6 is 0 Å². The molecule has 0 aliphatic carbocycles. The van der Waals surface area contributed by atoms with Gasteiger partial charge in [0.15, 0.2) is 17.2 Å². The normalized spacial score (nSPS) is 38.0. The van der Waals surface area contributed by atoms with Crippen molar-refractivity contribution >= 4 is 23.6 Å². The summed E-state index contributed by atoms with van der Waals surface area (Å²) in [4.78, 5) is 65.2. The number of aliphatic hydroxyl groups excluding tert-OH is 1. The molecular weight excluding hydrogens is 788 g/mol. The molecule has 0 bridgehead atoms. The number of benzene rings is 1. The molecule has 0 spiro atoms. The summed E-state index contributed by atoms with van der Waals surface area (Å²) in [6.07, 6.45) is 0.731. The molecule has 61 heavy (non-hydrogen) atoms. The number of fused-ring (bicyclic) bond motifs is 1. The highest BCUT2D eigenvalue weighted by Gasteiger charge is 2.62. The molecule has 3 aliphatic rings. The number of nitrogens with zero attached hydrogens (tertiary/aromatic N) is 4. The summed E-state index contributed by atoms with van der Waals surface area (Å²) in [6.45, 7) is 17.7. The molecule has 3 saturated heterocycles. The number of carbonyl (C=O) groups is 4. The third kappa shape index (κ3) is 9.61. The van der Waals surface area contributed by atoms with E-state index in [2.05, 4.69) is 4.98 Å². The van der Waals surface area contributed by atoms with Gasteiger partial charge < -0.3 is 43.2 Å². The second kappa shape index (κ2) is 18.9. The van der Waals surface area contributed by atoms with Gasteiger partial charge in [0.25, 0.3) is 5.67 Å². The summed E-state index contributed by atoms with van der Waals surface area (Å²) in [6, 6.07) is 8.55. The number of likely N-dealkylation sites (N-methyl/N-ethyl adjacent to an activating group) is 1.